The molecule has 0 aromatic rings. The zero-order valence-corrected chi connectivity index (χ0v) is 7.00. The largest absolute Gasteiger partial charge is 0.462 e. The Morgan fingerprint density at radius 3 is 2.64 bits per heavy atom. The third-order valence-electron chi connectivity index (χ3n) is 1.27. The van der Waals surface area contributed by atoms with Gasteiger partial charge in [0.1, 0.15) is 12.6 Å². The molecule has 0 amide bonds. The standard InChI is InChI=1S/C7H15NO3/c1-3-6(8)7(9)11-5-4-10-2/h6H,3-5,8H2,1-2H3/t6-/m1/s1. The molecule has 4 nitrogen and oxygen atoms in total. The van der Waals surface area contributed by atoms with Crippen LogP contribution in [0.1, 0.15) is 13.3 Å². The van der Waals surface area contributed by atoms with E-state index in [1.54, 1.807) is 7.11 Å². The van der Waals surface area contributed by atoms with Crippen LogP contribution in [-0.4, -0.2) is 32.3 Å². The lowest BCUT2D eigenvalue weighted by Gasteiger charge is -2.07. The molecule has 0 saturated heterocycles. The Morgan fingerprint density at radius 2 is 2.18 bits per heavy atom. The van der Waals surface area contributed by atoms with Crippen molar-refractivity contribution in [1.82, 2.24) is 0 Å². The number of ether oxygens (including phenoxy) is 2. The van der Waals surface area contributed by atoms with Crippen molar-refractivity contribution in [3.8, 4) is 0 Å². The molecule has 0 saturated carbocycles. The molecule has 0 rings (SSSR count). The molecule has 66 valence electrons. The number of rotatable bonds is 5. The molecule has 11 heavy (non-hydrogen) atoms. The lowest BCUT2D eigenvalue weighted by molar-refractivity contribution is -0.146. The number of methoxy groups -OCH3 is 1. The zero-order chi connectivity index (χ0) is 8.69. The molecule has 0 bridgehead atoms. The van der Waals surface area contributed by atoms with Crippen LogP contribution < -0.4 is 5.73 Å². The summed E-state index contributed by atoms with van der Waals surface area (Å²) in [7, 11) is 1.55. The third kappa shape index (κ3) is 4.75. The van der Waals surface area contributed by atoms with Crippen molar-refractivity contribution in [3.63, 3.8) is 0 Å². The second kappa shape index (κ2) is 6.12. The Bertz CT molecular complexity index is 116. The molecular weight excluding hydrogens is 146 g/mol. The van der Waals surface area contributed by atoms with E-state index in [2.05, 4.69) is 4.74 Å². The highest BCUT2D eigenvalue weighted by molar-refractivity contribution is 5.75. The van der Waals surface area contributed by atoms with Crippen molar-refractivity contribution in [2.45, 2.75) is 19.4 Å². The first kappa shape index (κ1) is 10.4. The fourth-order valence-corrected chi connectivity index (χ4v) is 0.499. The molecule has 0 unspecified atom stereocenters. The number of hydrogen-bond donors (Lipinski definition) is 1. The molecule has 0 aliphatic carbocycles. The number of hydrogen-bond acceptors (Lipinski definition) is 4. The van der Waals surface area contributed by atoms with Crippen LogP contribution in [0.5, 0.6) is 0 Å². The normalized spacial score (nSPS) is 12.6. The fourth-order valence-electron chi connectivity index (χ4n) is 0.499. The highest BCUT2D eigenvalue weighted by Gasteiger charge is 2.11. The van der Waals surface area contributed by atoms with Crippen LogP contribution in [-0.2, 0) is 14.3 Å². The molecule has 0 fully saturated rings. The maximum Gasteiger partial charge on any atom is 0.322 e. The summed E-state index contributed by atoms with van der Waals surface area (Å²) in [5.74, 6) is -0.357. The van der Waals surface area contributed by atoms with Crippen LogP contribution in [0.3, 0.4) is 0 Å². The summed E-state index contributed by atoms with van der Waals surface area (Å²) in [5, 5.41) is 0. The van der Waals surface area contributed by atoms with E-state index in [4.69, 9.17) is 10.5 Å². The lowest BCUT2D eigenvalue weighted by atomic mass is 10.2. The molecule has 0 aliphatic rings. The van der Waals surface area contributed by atoms with Crippen LogP contribution >= 0.6 is 0 Å². The van der Waals surface area contributed by atoms with Crippen LogP contribution in [0.25, 0.3) is 0 Å². The predicted molar refractivity (Wildman–Crippen MR) is 41.1 cm³/mol. The smallest absolute Gasteiger partial charge is 0.322 e. The molecule has 0 aromatic heterocycles. The van der Waals surface area contributed by atoms with E-state index >= 15 is 0 Å². The van der Waals surface area contributed by atoms with Gasteiger partial charge in [-0.3, -0.25) is 4.79 Å². The summed E-state index contributed by atoms with van der Waals surface area (Å²) in [4.78, 5) is 10.8. The van der Waals surface area contributed by atoms with Gasteiger partial charge >= 0.3 is 5.97 Å². The van der Waals surface area contributed by atoms with Gasteiger partial charge in [-0.1, -0.05) is 6.92 Å². The van der Waals surface area contributed by atoms with Crippen LogP contribution in [0.15, 0.2) is 0 Å². The van der Waals surface area contributed by atoms with Gasteiger partial charge in [-0.2, -0.15) is 0 Å². The number of carbonyl (C=O) groups excluding carboxylic acids is 1. The quantitative estimate of drug-likeness (QED) is 0.452. The van der Waals surface area contributed by atoms with Gasteiger partial charge in [0.15, 0.2) is 0 Å². The molecule has 2 N–H and O–H groups in total. The number of carbonyl (C=O) groups is 1. The maximum absolute atomic E-state index is 10.8. The van der Waals surface area contributed by atoms with E-state index in [0.29, 0.717) is 13.0 Å². The average molecular weight is 161 g/mol. The number of nitrogens with two attached hydrogens (primary N) is 1. The molecule has 0 aromatic carbocycles. The van der Waals surface area contributed by atoms with Gasteiger partial charge in [0.05, 0.1) is 6.61 Å². The fraction of sp³-hybridized carbons (Fsp3) is 0.857. The molecule has 1 atom stereocenters. The SMILES string of the molecule is CC[C@@H](N)C(=O)OCCOC. The highest BCUT2D eigenvalue weighted by Crippen LogP contribution is 1.89. The van der Waals surface area contributed by atoms with Gasteiger partial charge in [0, 0.05) is 7.11 Å². The molecule has 0 spiro atoms. The third-order valence-corrected chi connectivity index (χ3v) is 1.27. The van der Waals surface area contributed by atoms with Crippen molar-refractivity contribution in [1.29, 1.82) is 0 Å². The van der Waals surface area contributed by atoms with Crippen molar-refractivity contribution in [2.24, 2.45) is 5.73 Å². The van der Waals surface area contributed by atoms with Crippen LogP contribution in [0.2, 0.25) is 0 Å². The Kier molecular flexibility index (Phi) is 5.78. The van der Waals surface area contributed by atoms with E-state index in [1.165, 1.54) is 0 Å². The predicted octanol–water partition coefficient (Wildman–Crippen LogP) is -0.0867. The second-order valence-corrected chi connectivity index (χ2v) is 2.18. The van der Waals surface area contributed by atoms with Crippen molar-refractivity contribution >= 4 is 5.97 Å². The minimum absolute atomic E-state index is 0.281. The first-order valence-electron chi connectivity index (χ1n) is 3.63. The van der Waals surface area contributed by atoms with E-state index in [0.717, 1.165) is 0 Å². The second-order valence-electron chi connectivity index (χ2n) is 2.18. The first-order valence-corrected chi connectivity index (χ1v) is 3.63. The van der Waals surface area contributed by atoms with Gasteiger partial charge in [-0.05, 0) is 6.42 Å². The van der Waals surface area contributed by atoms with Crippen molar-refractivity contribution in [3.05, 3.63) is 0 Å². The molecular formula is C7H15NO3. The van der Waals surface area contributed by atoms with E-state index < -0.39 is 6.04 Å². The Morgan fingerprint density at radius 1 is 1.55 bits per heavy atom. The van der Waals surface area contributed by atoms with Gasteiger partial charge in [-0.25, -0.2) is 0 Å². The van der Waals surface area contributed by atoms with Crippen molar-refractivity contribution in [2.75, 3.05) is 20.3 Å². The zero-order valence-electron chi connectivity index (χ0n) is 7.00. The molecule has 0 aliphatic heterocycles. The topological polar surface area (TPSA) is 61.6 Å². The monoisotopic (exact) mass is 161 g/mol. The Balaban J connectivity index is 3.36. The Labute approximate surface area is 66.7 Å². The van der Waals surface area contributed by atoms with Gasteiger partial charge < -0.3 is 15.2 Å². The average Bonchev–Trinajstić information content (AvgIpc) is 2.03. The van der Waals surface area contributed by atoms with Crippen LogP contribution in [0, 0.1) is 0 Å². The first-order chi connectivity index (χ1) is 5.22. The summed E-state index contributed by atoms with van der Waals surface area (Å²) in [6, 6.07) is -0.494. The van der Waals surface area contributed by atoms with E-state index in [1.807, 2.05) is 6.92 Å². The molecule has 0 heterocycles. The number of esters is 1. The van der Waals surface area contributed by atoms with Gasteiger partial charge in [-0.15, -0.1) is 0 Å². The van der Waals surface area contributed by atoms with Crippen LogP contribution in [0.4, 0.5) is 0 Å². The summed E-state index contributed by atoms with van der Waals surface area (Å²) in [6.07, 6.45) is 0.603. The minimum Gasteiger partial charge on any atom is -0.462 e. The van der Waals surface area contributed by atoms with E-state index in [-0.39, 0.29) is 12.6 Å². The maximum atomic E-state index is 10.8. The van der Waals surface area contributed by atoms with Gasteiger partial charge in [0.2, 0.25) is 0 Å². The molecule has 4 heteroatoms. The van der Waals surface area contributed by atoms with Gasteiger partial charge in [0.25, 0.3) is 0 Å². The highest BCUT2D eigenvalue weighted by atomic mass is 16.6. The summed E-state index contributed by atoms with van der Waals surface area (Å²) >= 11 is 0. The van der Waals surface area contributed by atoms with E-state index in [9.17, 15) is 4.79 Å². The summed E-state index contributed by atoms with van der Waals surface area (Å²) in [6.45, 7) is 2.54. The Hall–Kier alpha value is -0.610. The summed E-state index contributed by atoms with van der Waals surface area (Å²) in [5.41, 5.74) is 5.38. The minimum atomic E-state index is -0.494. The summed E-state index contributed by atoms with van der Waals surface area (Å²) < 4.78 is 9.43. The van der Waals surface area contributed by atoms with Crippen molar-refractivity contribution < 1.29 is 14.3 Å². The lowest BCUT2D eigenvalue weighted by Crippen LogP contribution is -2.32. The molecule has 0 radical (unpaired) electrons.